The quantitative estimate of drug-likeness (QED) is 0.870. The Hall–Kier alpha value is -2.02. The maximum atomic E-state index is 13.0. The smallest absolute Gasteiger partial charge is 0.315 e. The van der Waals surface area contributed by atoms with Crippen molar-refractivity contribution in [1.29, 1.82) is 0 Å². The SMILES string of the molecule is CNC(C)c1nnc(NCc2ccc(F)c(F)c2)o1. The number of anilines is 1. The van der Waals surface area contributed by atoms with Crippen LogP contribution in [0.4, 0.5) is 14.8 Å². The third-order valence-electron chi connectivity index (χ3n) is 2.67. The van der Waals surface area contributed by atoms with Crippen LogP contribution in [0.25, 0.3) is 0 Å². The van der Waals surface area contributed by atoms with Crippen LogP contribution in [0.15, 0.2) is 22.6 Å². The van der Waals surface area contributed by atoms with Crippen molar-refractivity contribution < 1.29 is 13.2 Å². The topological polar surface area (TPSA) is 63.0 Å². The zero-order valence-electron chi connectivity index (χ0n) is 10.6. The van der Waals surface area contributed by atoms with Gasteiger partial charge in [-0.2, -0.15) is 0 Å². The van der Waals surface area contributed by atoms with Crippen LogP contribution in [0.2, 0.25) is 0 Å². The zero-order valence-corrected chi connectivity index (χ0v) is 10.6. The first-order chi connectivity index (χ1) is 9.10. The highest BCUT2D eigenvalue weighted by molar-refractivity contribution is 5.24. The molecular formula is C12H14F2N4O. The highest BCUT2D eigenvalue weighted by atomic mass is 19.2. The Labute approximate surface area is 109 Å². The van der Waals surface area contributed by atoms with E-state index in [1.165, 1.54) is 6.07 Å². The summed E-state index contributed by atoms with van der Waals surface area (Å²) in [5.74, 6) is -1.30. The summed E-state index contributed by atoms with van der Waals surface area (Å²) >= 11 is 0. The van der Waals surface area contributed by atoms with Crippen molar-refractivity contribution >= 4 is 6.01 Å². The average Bonchev–Trinajstić information content (AvgIpc) is 2.88. The van der Waals surface area contributed by atoms with E-state index in [2.05, 4.69) is 20.8 Å². The van der Waals surface area contributed by atoms with Gasteiger partial charge in [-0.15, -0.1) is 5.10 Å². The van der Waals surface area contributed by atoms with Crippen molar-refractivity contribution in [2.75, 3.05) is 12.4 Å². The van der Waals surface area contributed by atoms with Crippen LogP contribution in [-0.4, -0.2) is 17.2 Å². The first-order valence-electron chi connectivity index (χ1n) is 5.78. The molecule has 2 rings (SSSR count). The molecular weight excluding hydrogens is 254 g/mol. The van der Waals surface area contributed by atoms with Crippen molar-refractivity contribution in [2.45, 2.75) is 19.5 Å². The van der Waals surface area contributed by atoms with Crippen molar-refractivity contribution in [2.24, 2.45) is 0 Å². The first-order valence-corrected chi connectivity index (χ1v) is 5.78. The molecule has 1 aromatic heterocycles. The molecule has 0 radical (unpaired) electrons. The molecule has 0 fully saturated rings. The number of halogens is 2. The van der Waals surface area contributed by atoms with Gasteiger partial charge in [0.25, 0.3) is 0 Å². The maximum Gasteiger partial charge on any atom is 0.315 e. The summed E-state index contributed by atoms with van der Waals surface area (Å²) in [6.45, 7) is 2.15. The van der Waals surface area contributed by atoms with Gasteiger partial charge in [0.2, 0.25) is 5.89 Å². The molecule has 1 heterocycles. The Bertz CT molecular complexity index is 558. The molecule has 7 heteroatoms. The fourth-order valence-electron chi connectivity index (χ4n) is 1.43. The van der Waals surface area contributed by atoms with E-state index in [-0.39, 0.29) is 18.6 Å². The van der Waals surface area contributed by atoms with Gasteiger partial charge in [0.15, 0.2) is 11.6 Å². The Kier molecular flexibility index (Phi) is 4.06. The second-order valence-corrected chi connectivity index (χ2v) is 4.06. The Morgan fingerprint density at radius 2 is 2.05 bits per heavy atom. The summed E-state index contributed by atoms with van der Waals surface area (Å²) in [6, 6.07) is 3.87. The molecule has 1 atom stereocenters. The number of rotatable bonds is 5. The van der Waals surface area contributed by atoms with Gasteiger partial charge in [-0.05, 0) is 31.7 Å². The van der Waals surface area contributed by atoms with Crippen LogP contribution in [0.5, 0.6) is 0 Å². The van der Waals surface area contributed by atoms with Crippen LogP contribution in [0.3, 0.4) is 0 Å². The van der Waals surface area contributed by atoms with Crippen LogP contribution < -0.4 is 10.6 Å². The molecule has 0 aliphatic carbocycles. The summed E-state index contributed by atoms with van der Waals surface area (Å²) in [7, 11) is 1.78. The van der Waals surface area contributed by atoms with Crippen LogP contribution in [0.1, 0.15) is 24.4 Å². The number of nitrogens with zero attached hydrogens (tertiary/aromatic N) is 2. The van der Waals surface area contributed by atoms with E-state index < -0.39 is 11.6 Å². The summed E-state index contributed by atoms with van der Waals surface area (Å²) in [5.41, 5.74) is 0.584. The molecule has 0 aliphatic heterocycles. The third-order valence-corrected chi connectivity index (χ3v) is 2.67. The largest absolute Gasteiger partial charge is 0.406 e. The van der Waals surface area contributed by atoms with Crippen molar-refractivity contribution in [3.8, 4) is 0 Å². The van der Waals surface area contributed by atoms with Crippen LogP contribution >= 0.6 is 0 Å². The van der Waals surface area contributed by atoms with Gasteiger partial charge in [-0.1, -0.05) is 11.2 Å². The molecule has 102 valence electrons. The summed E-state index contributed by atoms with van der Waals surface area (Å²) in [4.78, 5) is 0. The van der Waals surface area contributed by atoms with Gasteiger partial charge in [0.05, 0.1) is 6.04 Å². The average molecular weight is 268 g/mol. The maximum absolute atomic E-state index is 13.0. The Morgan fingerprint density at radius 1 is 1.26 bits per heavy atom. The summed E-state index contributed by atoms with van der Waals surface area (Å²) in [5, 5.41) is 13.5. The molecule has 1 aromatic carbocycles. The molecule has 0 saturated carbocycles. The molecule has 0 aliphatic rings. The van der Waals surface area contributed by atoms with E-state index in [1.807, 2.05) is 6.92 Å². The molecule has 0 bridgehead atoms. The lowest BCUT2D eigenvalue weighted by Crippen LogP contribution is -2.12. The van der Waals surface area contributed by atoms with Gasteiger partial charge in [0.1, 0.15) is 0 Å². The summed E-state index contributed by atoms with van der Waals surface area (Å²) < 4.78 is 31.1. The normalized spacial score (nSPS) is 12.4. The standard InChI is InChI=1S/C12H14F2N4O/c1-7(15-2)11-17-18-12(19-11)16-6-8-3-4-9(13)10(14)5-8/h3-5,7,15H,6H2,1-2H3,(H,16,18). The van der Waals surface area contributed by atoms with E-state index >= 15 is 0 Å². The fourth-order valence-corrected chi connectivity index (χ4v) is 1.43. The van der Waals surface area contributed by atoms with Gasteiger partial charge >= 0.3 is 6.01 Å². The predicted molar refractivity (Wildman–Crippen MR) is 65.5 cm³/mol. The van der Waals surface area contributed by atoms with Crippen LogP contribution in [-0.2, 0) is 6.54 Å². The van der Waals surface area contributed by atoms with Gasteiger partial charge in [0, 0.05) is 6.54 Å². The van der Waals surface area contributed by atoms with E-state index in [4.69, 9.17) is 4.42 Å². The second kappa shape index (κ2) is 5.75. The molecule has 1 unspecified atom stereocenters. The molecule has 0 saturated heterocycles. The van der Waals surface area contributed by atoms with Gasteiger partial charge < -0.3 is 15.1 Å². The minimum Gasteiger partial charge on any atom is -0.406 e. The van der Waals surface area contributed by atoms with Gasteiger partial charge in [-0.25, -0.2) is 8.78 Å². The molecule has 2 N–H and O–H groups in total. The number of benzene rings is 1. The Morgan fingerprint density at radius 3 is 2.74 bits per heavy atom. The highest BCUT2D eigenvalue weighted by Crippen LogP contribution is 2.14. The minimum atomic E-state index is -0.880. The minimum absolute atomic E-state index is 0.0497. The van der Waals surface area contributed by atoms with Crippen molar-refractivity contribution in [3.05, 3.63) is 41.3 Å². The van der Waals surface area contributed by atoms with Gasteiger partial charge in [-0.3, -0.25) is 0 Å². The highest BCUT2D eigenvalue weighted by Gasteiger charge is 2.11. The molecule has 0 amide bonds. The summed E-state index contributed by atoms with van der Waals surface area (Å²) in [6.07, 6.45) is 0. The zero-order chi connectivity index (χ0) is 13.8. The monoisotopic (exact) mass is 268 g/mol. The molecule has 5 nitrogen and oxygen atoms in total. The lowest BCUT2D eigenvalue weighted by atomic mass is 10.2. The van der Waals surface area contributed by atoms with Crippen molar-refractivity contribution in [3.63, 3.8) is 0 Å². The second-order valence-electron chi connectivity index (χ2n) is 4.06. The number of hydrogen-bond acceptors (Lipinski definition) is 5. The number of nitrogens with one attached hydrogen (secondary N) is 2. The number of hydrogen-bond donors (Lipinski definition) is 2. The Balaban J connectivity index is 1.98. The first kappa shape index (κ1) is 13.4. The van der Waals surface area contributed by atoms with E-state index in [0.717, 1.165) is 12.1 Å². The fraction of sp³-hybridized carbons (Fsp3) is 0.333. The lowest BCUT2D eigenvalue weighted by Gasteiger charge is -2.04. The molecule has 19 heavy (non-hydrogen) atoms. The predicted octanol–water partition coefficient (Wildman–Crippen LogP) is 2.24. The number of aromatic nitrogens is 2. The van der Waals surface area contributed by atoms with Crippen LogP contribution in [0, 0.1) is 11.6 Å². The molecule has 2 aromatic rings. The van der Waals surface area contributed by atoms with Crippen molar-refractivity contribution in [1.82, 2.24) is 15.5 Å². The lowest BCUT2D eigenvalue weighted by molar-refractivity contribution is 0.441. The van der Waals surface area contributed by atoms with E-state index in [1.54, 1.807) is 7.05 Å². The molecule has 0 spiro atoms. The van der Waals surface area contributed by atoms with E-state index in [9.17, 15) is 8.78 Å². The van der Waals surface area contributed by atoms with E-state index in [0.29, 0.717) is 11.5 Å². The third kappa shape index (κ3) is 3.25.